The highest BCUT2D eigenvalue weighted by atomic mass is 32.1. The van der Waals surface area contributed by atoms with E-state index in [0.29, 0.717) is 6.10 Å². The van der Waals surface area contributed by atoms with E-state index in [9.17, 15) is 0 Å². The van der Waals surface area contributed by atoms with Gasteiger partial charge in [0.25, 0.3) is 0 Å². The number of thiophene rings is 1. The van der Waals surface area contributed by atoms with Crippen LogP contribution in [0.2, 0.25) is 0 Å². The summed E-state index contributed by atoms with van der Waals surface area (Å²) in [5.41, 5.74) is 1.34. The first-order valence-corrected chi connectivity index (χ1v) is 9.84. The Hall–Kier alpha value is -0.460. The fourth-order valence-corrected chi connectivity index (χ4v) is 4.98. The van der Waals surface area contributed by atoms with Crippen molar-refractivity contribution in [1.82, 2.24) is 4.90 Å². The first-order chi connectivity index (χ1) is 11.2. The molecule has 128 valence electrons. The predicted octanol–water partition coefficient (Wildman–Crippen LogP) is 3.44. The Labute approximate surface area is 142 Å². The highest BCUT2D eigenvalue weighted by molar-refractivity contribution is 7.07. The summed E-state index contributed by atoms with van der Waals surface area (Å²) in [5.74, 6) is 0.537. The smallest absolute Gasteiger partial charge is 0.168 e. The molecule has 2 unspecified atom stereocenters. The number of hydrogen-bond donors (Lipinski definition) is 0. The number of nitrogens with zero attached hydrogens (tertiary/aromatic N) is 1. The molecule has 0 aromatic carbocycles. The predicted molar refractivity (Wildman–Crippen MR) is 90.6 cm³/mol. The Balaban J connectivity index is 1.32. The molecule has 2 aliphatic heterocycles. The van der Waals surface area contributed by atoms with Crippen LogP contribution in [0.1, 0.15) is 44.3 Å². The molecule has 1 aromatic rings. The van der Waals surface area contributed by atoms with Crippen molar-refractivity contribution in [2.24, 2.45) is 5.92 Å². The molecule has 4 nitrogen and oxygen atoms in total. The summed E-state index contributed by atoms with van der Waals surface area (Å²) in [6, 6.07) is 2.20. The summed E-state index contributed by atoms with van der Waals surface area (Å²) >= 11 is 1.76. The molecule has 0 N–H and O–H groups in total. The molecule has 1 aromatic heterocycles. The van der Waals surface area contributed by atoms with Crippen LogP contribution in [0.15, 0.2) is 16.8 Å². The van der Waals surface area contributed by atoms with Crippen molar-refractivity contribution in [2.75, 3.05) is 32.8 Å². The molecule has 1 spiro atoms. The van der Waals surface area contributed by atoms with Gasteiger partial charge in [-0.1, -0.05) is 0 Å². The van der Waals surface area contributed by atoms with Crippen LogP contribution in [0.4, 0.5) is 0 Å². The van der Waals surface area contributed by atoms with Gasteiger partial charge in [-0.25, -0.2) is 0 Å². The van der Waals surface area contributed by atoms with Crippen molar-refractivity contribution >= 4 is 11.3 Å². The van der Waals surface area contributed by atoms with Crippen molar-refractivity contribution in [3.63, 3.8) is 0 Å². The lowest BCUT2D eigenvalue weighted by atomic mass is 9.84. The van der Waals surface area contributed by atoms with E-state index in [1.165, 1.54) is 24.9 Å². The van der Waals surface area contributed by atoms with E-state index in [2.05, 4.69) is 28.7 Å². The van der Waals surface area contributed by atoms with Gasteiger partial charge in [0.1, 0.15) is 0 Å². The zero-order valence-electron chi connectivity index (χ0n) is 13.9. The minimum absolute atomic E-state index is 0.228. The first-order valence-electron chi connectivity index (χ1n) is 8.90. The van der Waals surface area contributed by atoms with Gasteiger partial charge in [0.05, 0.1) is 25.4 Å². The van der Waals surface area contributed by atoms with Crippen molar-refractivity contribution in [3.8, 4) is 0 Å². The lowest BCUT2D eigenvalue weighted by Gasteiger charge is -2.41. The average Bonchev–Trinajstić information content (AvgIpc) is 3.22. The highest BCUT2D eigenvalue weighted by Gasteiger charge is 2.41. The number of ether oxygens (including phenoxy) is 3. The second kappa shape index (κ2) is 6.81. The SMILES string of the molecule is CC1CN(CC2CCC3(CC2)OCCO3)CC(c2ccsc2)O1. The molecule has 23 heavy (non-hydrogen) atoms. The second-order valence-corrected chi connectivity index (χ2v) is 8.04. The minimum Gasteiger partial charge on any atom is -0.368 e. The van der Waals surface area contributed by atoms with Crippen molar-refractivity contribution in [3.05, 3.63) is 22.4 Å². The Morgan fingerprint density at radius 3 is 2.70 bits per heavy atom. The lowest BCUT2D eigenvalue weighted by molar-refractivity contribution is -0.184. The quantitative estimate of drug-likeness (QED) is 0.845. The molecule has 3 heterocycles. The third-order valence-electron chi connectivity index (χ3n) is 5.45. The molecule has 1 aliphatic carbocycles. The Morgan fingerprint density at radius 1 is 1.22 bits per heavy atom. The summed E-state index contributed by atoms with van der Waals surface area (Å²) < 4.78 is 17.8. The molecular formula is C18H27NO3S. The Bertz CT molecular complexity index is 490. The molecule has 4 rings (SSSR count). The Morgan fingerprint density at radius 2 is 2.00 bits per heavy atom. The second-order valence-electron chi connectivity index (χ2n) is 7.26. The van der Waals surface area contributed by atoms with E-state index in [1.54, 1.807) is 11.3 Å². The molecule has 0 amide bonds. The molecule has 5 heteroatoms. The van der Waals surface area contributed by atoms with E-state index < -0.39 is 0 Å². The van der Waals surface area contributed by atoms with Crippen LogP contribution in [0.3, 0.4) is 0 Å². The molecular weight excluding hydrogens is 310 g/mol. The molecule has 3 aliphatic rings. The monoisotopic (exact) mass is 337 g/mol. The van der Waals surface area contributed by atoms with E-state index in [0.717, 1.165) is 45.1 Å². The molecule has 0 radical (unpaired) electrons. The maximum Gasteiger partial charge on any atom is 0.168 e. The van der Waals surface area contributed by atoms with Crippen molar-refractivity contribution < 1.29 is 14.2 Å². The third kappa shape index (κ3) is 3.64. The van der Waals surface area contributed by atoms with Gasteiger partial charge >= 0.3 is 0 Å². The van der Waals surface area contributed by atoms with Crippen LogP contribution in [0, 0.1) is 5.92 Å². The van der Waals surface area contributed by atoms with Crippen LogP contribution in [0.25, 0.3) is 0 Å². The highest BCUT2D eigenvalue weighted by Crippen LogP contribution is 2.39. The van der Waals surface area contributed by atoms with E-state index in [-0.39, 0.29) is 11.9 Å². The van der Waals surface area contributed by atoms with Gasteiger partial charge < -0.3 is 14.2 Å². The van der Waals surface area contributed by atoms with Gasteiger partial charge in [-0.3, -0.25) is 4.90 Å². The largest absolute Gasteiger partial charge is 0.368 e. The topological polar surface area (TPSA) is 30.9 Å². The first kappa shape index (κ1) is 16.0. The minimum atomic E-state index is -0.228. The molecule has 3 fully saturated rings. The molecule has 2 saturated heterocycles. The van der Waals surface area contributed by atoms with Crippen LogP contribution >= 0.6 is 11.3 Å². The lowest BCUT2D eigenvalue weighted by Crippen LogP contribution is -2.46. The zero-order valence-corrected chi connectivity index (χ0v) is 14.7. The number of hydrogen-bond acceptors (Lipinski definition) is 5. The van der Waals surface area contributed by atoms with Crippen LogP contribution < -0.4 is 0 Å². The summed E-state index contributed by atoms with van der Waals surface area (Å²) in [7, 11) is 0. The summed E-state index contributed by atoms with van der Waals surface area (Å²) in [6.07, 6.45) is 5.10. The van der Waals surface area contributed by atoms with Crippen molar-refractivity contribution in [1.29, 1.82) is 0 Å². The molecule has 0 bridgehead atoms. The molecule has 2 atom stereocenters. The van der Waals surface area contributed by atoms with Gasteiger partial charge in [-0.2, -0.15) is 11.3 Å². The van der Waals surface area contributed by atoms with Gasteiger partial charge in [0.15, 0.2) is 5.79 Å². The van der Waals surface area contributed by atoms with E-state index >= 15 is 0 Å². The van der Waals surface area contributed by atoms with Crippen LogP contribution in [0.5, 0.6) is 0 Å². The number of rotatable bonds is 3. The maximum absolute atomic E-state index is 6.15. The summed E-state index contributed by atoms with van der Waals surface area (Å²) in [4.78, 5) is 2.61. The number of morpholine rings is 1. The van der Waals surface area contributed by atoms with Gasteiger partial charge in [0, 0.05) is 32.5 Å². The zero-order chi connectivity index (χ0) is 15.7. The van der Waals surface area contributed by atoms with Gasteiger partial charge in [0.2, 0.25) is 0 Å². The fraction of sp³-hybridized carbons (Fsp3) is 0.778. The van der Waals surface area contributed by atoms with E-state index in [1.807, 2.05) is 0 Å². The maximum atomic E-state index is 6.15. The van der Waals surface area contributed by atoms with Gasteiger partial charge in [-0.05, 0) is 48.1 Å². The van der Waals surface area contributed by atoms with Crippen LogP contribution in [-0.4, -0.2) is 49.6 Å². The van der Waals surface area contributed by atoms with Crippen molar-refractivity contribution in [2.45, 2.75) is 50.6 Å². The average molecular weight is 337 g/mol. The summed E-state index contributed by atoms with van der Waals surface area (Å²) in [6.45, 7) is 7.00. The fourth-order valence-electron chi connectivity index (χ4n) is 4.28. The summed E-state index contributed by atoms with van der Waals surface area (Å²) in [5, 5.41) is 4.37. The van der Waals surface area contributed by atoms with E-state index in [4.69, 9.17) is 14.2 Å². The standard InChI is InChI=1S/C18H27NO3S/c1-14-10-19(12-17(22-14)16-4-9-23-13-16)11-15-2-5-18(6-3-15)20-7-8-21-18/h4,9,13-15,17H,2-3,5-8,10-12H2,1H3. The van der Waals surface area contributed by atoms with Crippen LogP contribution in [-0.2, 0) is 14.2 Å². The normalized spacial score (nSPS) is 32.6. The third-order valence-corrected chi connectivity index (χ3v) is 6.15. The Kier molecular flexibility index (Phi) is 4.74. The molecule has 1 saturated carbocycles. The van der Waals surface area contributed by atoms with Gasteiger partial charge in [-0.15, -0.1) is 0 Å².